The van der Waals surface area contributed by atoms with E-state index in [4.69, 9.17) is 0 Å². The molecule has 2 heterocycles. The molecule has 0 aliphatic carbocycles. The molecule has 0 fully saturated rings. The van der Waals surface area contributed by atoms with Crippen molar-refractivity contribution in [1.82, 2.24) is 25.1 Å². The summed E-state index contributed by atoms with van der Waals surface area (Å²) in [5.41, 5.74) is 3.77. The fraction of sp³-hybridized carbons (Fsp3) is 0.190. The summed E-state index contributed by atoms with van der Waals surface area (Å²) >= 11 is 0. The van der Waals surface area contributed by atoms with Crippen LogP contribution in [-0.4, -0.2) is 31.7 Å². The third kappa shape index (κ3) is 4.06. The van der Waals surface area contributed by atoms with Crippen molar-refractivity contribution in [2.45, 2.75) is 20.3 Å². The molecule has 1 N–H and O–H groups in total. The molecule has 0 radical (unpaired) electrons. The van der Waals surface area contributed by atoms with Gasteiger partial charge in [0.05, 0.1) is 11.9 Å². The lowest BCUT2D eigenvalue weighted by atomic mass is 10.1. The van der Waals surface area contributed by atoms with Gasteiger partial charge in [-0.25, -0.2) is 15.0 Å². The molecule has 0 unspecified atom stereocenters. The average Bonchev–Trinajstić information content (AvgIpc) is 2.67. The van der Waals surface area contributed by atoms with E-state index in [0.29, 0.717) is 18.9 Å². The average molecular weight is 356 g/mol. The Morgan fingerprint density at radius 3 is 2.44 bits per heavy atom. The Hall–Kier alpha value is -3.41. The molecule has 2 aromatic carbocycles. The number of hydrogen-bond donors (Lipinski definition) is 1. The van der Waals surface area contributed by atoms with Crippen molar-refractivity contribution in [3.63, 3.8) is 0 Å². The van der Waals surface area contributed by atoms with E-state index in [1.165, 1.54) is 10.8 Å². The maximum absolute atomic E-state index is 4.59. The summed E-state index contributed by atoms with van der Waals surface area (Å²) in [6, 6.07) is 16.5. The van der Waals surface area contributed by atoms with Gasteiger partial charge in [-0.05, 0) is 36.8 Å². The Morgan fingerprint density at radius 2 is 1.63 bits per heavy atom. The summed E-state index contributed by atoms with van der Waals surface area (Å²) in [5, 5.41) is 13.8. The number of nitrogens with zero attached hydrogens (tertiary/aromatic N) is 5. The number of aryl methyl sites for hydroxylation is 2. The van der Waals surface area contributed by atoms with Gasteiger partial charge in [0.2, 0.25) is 5.95 Å². The van der Waals surface area contributed by atoms with Crippen LogP contribution in [0.25, 0.3) is 22.0 Å². The Bertz CT molecular complexity index is 1070. The number of nitrogens with one attached hydrogen (secondary N) is 1. The first-order chi connectivity index (χ1) is 13.2. The predicted molar refractivity (Wildman–Crippen MR) is 106 cm³/mol. The molecular formula is C21H20N6. The summed E-state index contributed by atoms with van der Waals surface area (Å²) in [4.78, 5) is 13.5. The molecule has 134 valence electrons. The van der Waals surface area contributed by atoms with Gasteiger partial charge in [-0.2, -0.15) is 5.10 Å². The molecule has 4 aromatic rings. The summed E-state index contributed by atoms with van der Waals surface area (Å²) in [7, 11) is 0. The zero-order valence-corrected chi connectivity index (χ0v) is 15.3. The molecule has 0 saturated heterocycles. The van der Waals surface area contributed by atoms with Crippen molar-refractivity contribution in [3.05, 3.63) is 71.9 Å². The third-order valence-corrected chi connectivity index (χ3v) is 4.26. The Kier molecular flexibility index (Phi) is 4.70. The van der Waals surface area contributed by atoms with Gasteiger partial charge in [0.1, 0.15) is 5.82 Å². The summed E-state index contributed by atoms with van der Waals surface area (Å²) < 4.78 is 0. The third-order valence-electron chi connectivity index (χ3n) is 4.26. The van der Waals surface area contributed by atoms with Crippen LogP contribution in [0, 0.1) is 13.8 Å². The quantitative estimate of drug-likeness (QED) is 0.587. The number of benzene rings is 2. The van der Waals surface area contributed by atoms with Crippen LogP contribution >= 0.6 is 0 Å². The number of fused-ring (bicyclic) bond motifs is 1. The van der Waals surface area contributed by atoms with E-state index in [0.717, 1.165) is 28.5 Å². The van der Waals surface area contributed by atoms with Crippen molar-refractivity contribution >= 4 is 16.7 Å². The second-order valence-corrected chi connectivity index (χ2v) is 6.47. The fourth-order valence-electron chi connectivity index (χ4n) is 3.06. The lowest BCUT2D eigenvalue weighted by Crippen LogP contribution is -2.11. The van der Waals surface area contributed by atoms with Crippen molar-refractivity contribution in [1.29, 1.82) is 0 Å². The zero-order valence-electron chi connectivity index (χ0n) is 15.3. The monoisotopic (exact) mass is 356 g/mol. The molecule has 6 nitrogen and oxygen atoms in total. The topological polar surface area (TPSA) is 76.5 Å². The van der Waals surface area contributed by atoms with Crippen LogP contribution in [0.5, 0.6) is 0 Å². The predicted octanol–water partition coefficient (Wildman–Crippen LogP) is 3.75. The Labute approximate surface area is 157 Å². The van der Waals surface area contributed by atoms with Crippen LogP contribution < -0.4 is 5.32 Å². The van der Waals surface area contributed by atoms with E-state index in [2.05, 4.69) is 60.8 Å². The fourth-order valence-corrected chi connectivity index (χ4v) is 3.06. The van der Waals surface area contributed by atoms with E-state index in [1.54, 1.807) is 6.20 Å². The SMILES string of the molecule is Cc1cc(C)nc(CCNc2nncc(-c3ccc4ccccc4c3)n2)n1. The van der Waals surface area contributed by atoms with Gasteiger partial charge in [-0.15, -0.1) is 5.10 Å². The number of aromatic nitrogens is 5. The van der Waals surface area contributed by atoms with Crippen molar-refractivity contribution in [2.75, 3.05) is 11.9 Å². The standard InChI is InChI=1S/C21H20N6/c1-14-11-15(2)25-20(24-14)9-10-22-21-26-19(13-23-27-21)18-8-7-16-5-3-4-6-17(16)12-18/h3-8,11-13H,9-10H2,1-2H3,(H,22,26,27). The highest BCUT2D eigenvalue weighted by Gasteiger charge is 2.05. The van der Waals surface area contributed by atoms with E-state index >= 15 is 0 Å². The molecule has 0 bridgehead atoms. The van der Waals surface area contributed by atoms with Gasteiger partial charge >= 0.3 is 0 Å². The molecule has 0 aliphatic heterocycles. The maximum Gasteiger partial charge on any atom is 0.243 e. The first-order valence-electron chi connectivity index (χ1n) is 8.91. The van der Waals surface area contributed by atoms with Crippen molar-refractivity contribution < 1.29 is 0 Å². The molecule has 27 heavy (non-hydrogen) atoms. The second kappa shape index (κ2) is 7.45. The van der Waals surface area contributed by atoms with Gasteiger partial charge in [0, 0.05) is 29.9 Å². The summed E-state index contributed by atoms with van der Waals surface area (Å²) in [6.45, 7) is 4.60. The second-order valence-electron chi connectivity index (χ2n) is 6.47. The zero-order chi connectivity index (χ0) is 18.6. The Morgan fingerprint density at radius 1 is 0.852 bits per heavy atom. The molecular weight excluding hydrogens is 336 g/mol. The molecule has 0 atom stereocenters. The van der Waals surface area contributed by atoms with E-state index in [1.807, 2.05) is 32.0 Å². The number of hydrogen-bond acceptors (Lipinski definition) is 6. The van der Waals surface area contributed by atoms with Crippen LogP contribution in [0.4, 0.5) is 5.95 Å². The lowest BCUT2D eigenvalue weighted by Gasteiger charge is -2.07. The van der Waals surface area contributed by atoms with Gasteiger partial charge < -0.3 is 5.32 Å². The smallest absolute Gasteiger partial charge is 0.243 e. The first-order valence-corrected chi connectivity index (χ1v) is 8.91. The molecule has 0 aliphatic rings. The van der Waals surface area contributed by atoms with Crippen molar-refractivity contribution in [2.24, 2.45) is 0 Å². The number of anilines is 1. The first kappa shape index (κ1) is 17.0. The largest absolute Gasteiger partial charge is 0.352 e. The highest BCUT2D eigenvalue weighted by Crippen LogP contribution is 2.22. The highest BCUT2D eigenvalue weighted by molar-refractivity contribution is 5.86. The molecule has 0 amide bonds. The number of rotatable bonds is 5. The minimum Gasteiger partial charge on any atom is -0.352 e. The van der Waals surface area contributed by atoms with E-state index < -0.39 is 0 Å². The minimum absolute atomic E-state index is 0.505. The molecule has 6 heteroatoms. The van der Waals surface area contributed by atoms with Crippen LogP contribution in [0.15, 0.2) is 54.7 Å². The Balaban J connectivity index is 1.48. The summed E-state index contributed by atoms with van der Waals surface area (Å²) in [5.74, 6) is 1.32. The molecule has 2 aromatic heterocycles. The minimum atomic E-state index is 0.505. The normalized spacial score (nSPS) is 10.9. The van der Waals surface area contributed by atoms with Crippen LogP contribution in [-0.2, 0) is 6.42 Å². The van der Waals surface area contributed by atoms with E-state index in [9.17, 15) is 0 Å². The maximum atomic E-state index is 4.59. The molecule has 0 saturated carbocycles. The van der Waals surface area contributed by atoms with Crippen LogP contribution in [0.3, 0.4) is 0 Å². The van der Waals surface area contributed by atoms with Crippen LogP contribution in [0.2, 0.25) is 0 Å². The highest BCUT2D eigenvalue weighted by atomic mass is 15.2. The van der Waals surface area contributed by atoms with Gasteiger partial charge in [-0.3, -0.25) is 0 Å². The van der Waals surface area contributed by atoms with Crippen LogP contribution in [0.1, 0.15) is 17.2 Å². The van der Waals surface area contributed by atoms with Gasteiger partial charge in [0.25, 0.3) is 0 Å². The van der Waals surface area contributed by atoms with Gasteiger partial charge in [0.15, 0.2) is 0 Å². The molecule has 4 rings (SSSR count). The summed E-state index contributed by atoms with van der Waals surface area (Å²) in [6.07, 6.45) is 2.38. The van der Waals surface area contributed by atoms with E-state index in [-0.39, 0.29) is 0 Å². The van der Waals surface area contributed by atoms with Gasteiger partial charge in [-0.1, -0.05) is 36.4 Å². The molecule has 0 spiro atoms. The van der Waals surface area contributed by atoms with Crippen molar-refractivity contribution in [3.8, 4) is 11.3 Å². The lowest BCUT2D eigenvalue weighted by molar-refractivity contribution is 0.849.